The number of nitrogens with zero attached hydrogens (tertiary/aromatic N) is 1. The number of anilines is 1. The van der Waals surface area contributed by atoms with Crippen molar-refractivity contribution in [2.24, 2.45) is 0 Å². The van der Waals surface area contributed by atoms with Gasteiger partial charge in [-0.2, -0.15) is 0 Å². The van der Waals surface area contributed by atoms with Gasteiger partial charge in [0.25, 0.3) is 0 Å². The average Bonchev–Trinajstić information content (AvgIpc) is 2.36. The molecule has 0 aliphatic heterocycles. The van der Waals surface area contributed by atoms with Crippen molar-refractivity contribution in [2.75, 3.05) is 5.73 Å². The number of benzene rings is 1. The van der Waals surface area contributed by atoms with Gasteiger partial charge in [0.2, 0.25) is 0 Å². The van der Waals surface area contributed by atoms with Crippen LogP contribution in [0.2, 0.25) is 5.02 Å². The fourth-order valence-electron chi connectivity index (χ4n) is 1.51. The Balaban J connectivity index is 2.10. The lowest BCUT2D eigenvalue weighted by Gasteiger charge is -2.08. The molecule has 19 heavy (non-hydrogen) atoms. The zero-order chi connectivity index (χ0) is 13.8. The Morgan fingerprint density at radius 3 is 2.89 bits per heavy atom. The van der Waals surface area contributed by atoms with E-state index in [0.29, 0.717) is 5.69 Å². The second kappa shape index (κ2) is 6.04. The number of nitrogens with two attached hydrogens (primary N) is 1. The van der Waals surface area contributed by atoms with Gasteiger partial charge in [-0.05, 0) is 34.1 Å². The van der Waals surface area contributed by atoms with E-state index >= 15 is 0 Å². The van der Waals surface area contributed by atoms with E-state index in [2.05, 4.69) is 20.9 Å². The third kappa shape index (κ3) is 3.45. The summed E-state index contributed by atoms with van der Waals surface area (Å²) in [5, 5.41) is 0.275. The zero-order valence-corrected chi connectivity index (χ0v) is 12.1. The summed E-state index contributed by atoms with van der Waals surface area (Å²) >= 11 is 9.22. The lowest BCUT2D eigenvalue weighted by atomic mass is 10.2. The van der Waals surface area contributed by atoms with Gasteiger partial charge in [-0.3, -0.25) is 4.98 Å². The summed E-state index contributed by atoms with van der Waals surface area (Å²) in [7, 11) is 0. The molecule has 0 fully saturated rings. The van der Waals surface area contributed by atoms with Crippen molar-refractivity contribution in [3.8, 4) is 0 Å². The van der Waals surface area contributed by atoms with E-state index in [9.17, 15) is 4.79 Å². The van der Waals surface area contributed by atoms with E-state index in [4.69, 9.17) is 22.1 Å². The molecule has 0 saturated heterocycles. The number of esters is 1. The molecule has 1 heterocycles. The van der Waals surface area contributed by atoms with Crippen LogP contribution in [0.5, 0.6) is 0 Å². The van der Waals surface area contributed by atoms with Gasteiger partial charge in [0.15, 0.2) is 0 Å². The van der Waals surface area contributed by atoms with Crippen LogP contribution in [-0.4, -0.2) is 11.0 Å². The Hall–Kier alpha value is -1.59. The fraction of sp³-hybridized carbons (Fsp3) is 0.0769. The van der Waals surface area contributed by atoms with Crippen LogP contribution in [0.1, 0.15) is 15.9 Å². The van der Waals surface area contributed by atoms with Crippen LogP contribution in [0.4, 0.5) is 5.69 Å². The summed E-state index contributed by atoms with van der Waals surface area (Å²) in [6.07, 6.45) is 3.27. The van der Waals surface area contributed by atoms with Crippen LogP contribution in [0.15, 0.2) is 41.1 Å². The zero-order valence-electron chi connectivity index (χ0n) is 9.77. The Labute approximate surface area is 123 Å². The number of aromatic nitrogens is 1. The molecule has 0 amide bonds. The number of carbonyl (C=O) groups is 1. The van der Waals surface area contributed by atoms with Gasteiger partial charge in [0.05, 0.1) is 5.02 Å². The van der Waals surface area contributed by atoms with Gasteiger partial charge in [-0.1, -0.05) is 17.7 Å². The third-order valence-corrected chi connectivity index (χ3v) is 3.13. The van der Waals surface area contributed by atoms with E-state index in [-0.39, 0.29) is 17.2 Å². The summed E-state index contributed by atoms with van der Waals surface area (Å²) in [5.41, 5.74) is 6.97. The SMILES string of the molecule is Nc1cccc(Cl)c1C(=O)OCc1cncc(Br)c1. The van der Waals surface area contributed by atoms with Crippen LogP contribution in [0.3, 0.4) is 0 Å². The van der Waals surface area contributed by atoms with Crippen molar-refractivity contribution in [2.45, 2.75) is 6.61 Å². The molecule has 98 valence electrons. The Morgan fingerprint density at radius 1 is 1.42 bits per heavy atom. The number of hydrogen-bond acceptors (Lipinski definition) is 4. The summed E-state index contributed by atoms with van der Waals surface area (Å²) < 4.78 is 5.98. The molecule has 0 saturated carbocycles. The van der Waals surface area contributed by atoms with Crippen molar-refractivity contribution < 1.29 is 9.53 Å². The lowest BCUT2D eigenvalue weighted by molar-refractivity contribution is 0.0474. The highest BCUT2D eigenvalue weighted by Crippen LogP contribution is 2.23. The van der Waals surface area contributed by atoms with Gasteiger partial charge in [0, 0.05) is 28.1 Å². The molecule has 0 aliphatic rings. The molecule has 1 aromatic carbocycles. The summed E-state index contributed by atoms with van der Waals surface area (Å²) in [6, 6.07) is 6.68. The van der Waals surface area contributed by atoms with E-state index in [1.807, 2.05) is 6.07 Å². The molecule has 2 N–H and O–H groups in total. The van der Waals surface area contributed by atoms with Crippen molar-refractivity contribution in [1.29, 1.82) is 0 Å². The third-order valence-electron chi connectivity index (χ3n) is 2.38. The molecule has 0 spiro atoms. The second-order valence-corrected chi connectivity index (χ2v) is 5.11. The smallest absolute Gasteiger partial charge is 0.342 e. The molecule has 2 aromatic rings. The maximum Gasteiger partial charge on any atom is 0.342 e. The monoisotopic (exact) mass is 340 g/mol. The normalized spacial score (nSPS) is 10.2. The van der Waals surface area contributed by atoms with E-state index < -0.39 is 5.97 Å². The molecule has 0 aliphatic carbocycles. The first-order valence-corrected chi connectivity index (χ1v) is 6.55. The first-order chi connectivity index (χ1) is 9.08. The largest absolute Gasteiger partial charge is 0.457 e. The van der Waals surface area contributed by atoms with Crippen LogP contribution < -0.4 is 5.73 Å². The first-order valence-electron chi connectivity index (χ1n) is 5.38. The first kappa shape index (κ1) is 13.8. The van der Waals surface area contributed by atoms with Gasteiger partial charge >= 0.3 is 5.97 Å². The molecule has 0 bridgehead atoms. The number of ether oxygens (including phenoxy) is 1. The van der Waals surface area contributed by atoms with E-state index in [0.717, 1.165) is 10.0 Å². The topological polar surface area (TPSA) is 65.2 Å². The number of carbonyl (C=O) groups excluding carboxylic acids is 1. The van der Waals surface area contributed by atoms with Crippen molar-refractivity contribution in [3.05, 3.63) is 57.3 Å². The summed E-state index contributed by atoms with van der Waals surface area (Å²) in [4.78, 5) is 15.9. The number of halogens is 2. The van der Waals surface area contributed by atoms with E-state index in [1.54, 1.807) is 30.6 Å². The molecule has 0 unspecified atom stereocenters. The summed E-state index contributed by atoms with van der Waals surface area (Å²) in [6.45, 7) is 0.107. The van der Waals surface area contributed by atoms with Gasteiger partial charge in [0.1, 0.15) is 12.2 Å². The predicted octanol–water partition coefficient (Wildman–Crippen LogP) is 3.44. The van der Waals surface area contributed by atoms with Crippen molar-refractivity contribution in [3.63, 3.8) is 0 Å². The van der Waals surface area contributed by atoms with Crippen LogP contribution >= 0.6 is 27.5 Å². The maximum atomic E-state index is 11.9. The van der Waals surface area contributed by atoms with Crippen LogP contribution in [0.25, 0.3) is 0 Å². The van der Waals surface area contributed by atoms with Crippen LogP contribution in [0, 0.1) is 0 Å². The predicted molar refractivity (Wildman–Crippen MR) is 76.9 cm³/mol. The molecule has 0 atom stereocenters. The van der Waals surface area contributed by atoms with Gasteiger partial charge in [-0.15, -0.1) is 0 Å². The number of hydrogen-bond donors (Lipinski definition) is 1. The average molecular weight is 342 g/mol. The Kier molecular flexibility index (Phi) is 4.39. The molecule has 6 heteroatoms. The molecular formula is C13H10BrClN2O2. The molecule has 1 aromatic heterocycles. The molecular weight excluding hydrogens is 332 g/mol. The fourth-order valence-corrected chi connectivity index (χ4v) is 2.18. The van der Waals surface area contributed by atoms with Crippen molar-refractivity contribution >= 4 is 39.2 Å². The molecule has 4 nitrogen and oxygen atoms in total. The Morgan fingerprint density at radius 2 is 2.21 bits per heavy atom. The van der Waals surface area contributed by atoms with Crippen molar-refractivity contribution in [1.82, 2.24) is 4.98 Å². The quantitative estimate of drug-likeness (QED) is 0.686. The van der Waals surface area contributed by atoms with E-state index in [1.165, 1.54) is 0 Å². The Bertz CT molecular complexity index is 599. The minimum absolute atomic E-state index is 0.107. The standard InChI is InChI=1S/C13H10BrClN2O2/c14-9-4-8(5-17-6-9)7-19-13(18)12-10(15)2-1-3-11(12)16/h1-6H,7,16H2. The molecule has 0 radical (unpaired) electrons. The highest BCUT2D eigenvalue weighted by molar-refractivity contribution is 9.10. The van der Waals surface area contributed by atoms with Gasteiger partial charge < -0.3 is 10.5 Å². The summed E-state index contributed by atoms with van der Waals surface area (Å²) in [5.74, 6) is -0.553. The number of pyridine rings is 1. The number of nitrogen functional groups attached to an aromatic ring is 1. The minimum Gasteiger partial charge on any atom is -0.457 e. The van der Waals surface area contributed by atoms with Gasteiger partial charge in [-0.25, -0.2) is 4.79 Å². The minimum atomic E-state index is -0.553. The molecule has 2 rings (SSSR count). The highest BCUT2D eigenvalue weighted by Gasteiger charge is 2.15. The highest BCUT2D eigenvalue weighted by atomic mass is 79.9. The maximum absolute atomic E-state index is 11.9. The second-order valence-electron chi connectivity index (χ2n) is 3.79. The van der Waals surface area contributed by atoms with Crippen LogP contribution in [-0.2, 0) is 11.3 Å². The number of rotatable bonds is 3. The lowest BCUT2D eigenvalue weighted by Crippen LogP contribution is -2.09.